The molecular formula is C56H82S4Si2. The molecule has 4 aromatic heterocycles. The maximum absolute atomic E-state index is 4.22. The van der Waals surface area contributed by atoms with E-state index in [1.165, 1.54) is 150 Å². The molecule has 6 heteroatoms. The van der Waals surface area contributed by atoms with Crippen LogP contribution >= 0.6 is 45.3 Å². The van der Waals surface area contributed by atoms with Crippen LogP contribution in [-0.2, 0) is 12.8 Å². The van der Waals surface area contributed by atoms with E-state index in [0.29, 0.717) is 33.2 Å². The molecule has 0 nitrogen and oxygen atoms in total. The minimum absolute atomic E-state index is 0.580. The van der Waals surface area contributed by atoms with E-state index in [4.69, 9.17) is 0 Å². The van der Waals surface area contributed by atoms with Gasteiger partial charge in [-0.1, -0.05) is 173 Å². The minimum Gasteiger partial charge on any atom is -0.139 e. The summed E-state index contributed by atoms with van der Waals surface area (Å²) in [4.78, 5) is 8.59. The van der Waals surface area contributed by atoms with Gasteiger partial charge in [-0.15, -0.1) is 56.4 Å². The average Bonchev–Trinajstić information content (AvgIpc) is 4.04. The van der Waals surface area contributed by atoms with E-state index in [1.54, 1.807) is 0 Å². The molecule has 338 valence electrons. The average molecular weight is 940 g/mol. The van der Waals surface area contributed by atoms with Gasteiger partial charge >= 0.3 is 0 Å². The largest absolute Gasteiger partial charge is 0.146 e. The fourth-order valence-electron chi connectivity index (χ4n) is 10.9. The van der Waals surface area contributed by atoms with Gasteiger partial charge in [-0.05, 0) is 95.3 Å². The molecule has 0 saturated carbocycles. The van der Waals surface area contributed by atoms with Gasteiger partial charge in [0.1, 0.15) is 16.1 Å². The van der Waals surface area contributed by atoms with E-state index in [2.05, 4.69) is 156 Å². The molecule has 1 aromatic carbocycles. The van der Waals surface area contributed by atoms with E-state index in [0.717, 1.165) is 0 Å². The zero-order valence-electron chi connectivity index (χ0n) is 41.5. The first-order valence-corrected chi connectivity index (χ1v) is 32.6. The van der Waals surface area contributed by atoms with Gasteiger partial charge in [0, 0.05) is 40.0 Å². The summed E-state index contributed by atoms with van der Waals surface area (Å²) in [5.41, 5.74) is 14.4. The van der Waals surface area contributed by atoms with Gasteiger partial charge in [0.05, 0.1) is 20.5 Å². The minimum atomic E-state index is -2.00. The van der Waals surface area contributed by atoms with Gasteiger partial charge in [0.15, 0.2) is 0 Å². The van der Waals surface area contributed by atoms with Crippen LogP contribution in [0.1, 0.15) is 195 Å². The molecule has 0 aliphatic carbocycles. The summed E-state index contributed by atoms with van der Waals surface area (Å²) in [6.45, 7) is 34.0. The zero-order chi connectivity index (χ0) is 45.2. The Labute approximate surface area is 398 Å². The van der Waals surface area contributed by atoms with Gasteiger partial charge in [-0.3, -0.25) is 0 Å². The summed E-state index contributed by atoms with van der Waals surface area (Å²) >= 11 is 8.00. The van der Waals surface area contributed by atoms with Crippen LogP contribution in [0, 0.1) is 22.9 Å². The summed E-state index contributed by atoms with van der Waals surface area (Å²) in [5, 5.41) is 2.65. The normalized spacial score (nSPS) is 12.6. The van der Waals surface area contributed by atoms with E-state index in [9.17, 15) is 0 Å². The third kappa shape index (κ3) is 11.5. The lowest BCUT2D eigenvalue weighted by molar-refractivity contribution is 0.609. The molecule has 0 amide bonds. The van der Waals surface area contributed by atoms with Crippen LogP contribution in [0.25, 0.3) is 39.7 Å². The predicted molar refractivity (Wildman–Crippen MR) is 294 cm³/mol. The highest BCUT2D eigenvalue weighted by molar-refractivity contribution is 7.28. The van der Waals surface area contributed by atoms with Crippen molar-refractivity contribution in [2.45, 2.75) is 220 Å². The molecule has 62 heavy (non-hydrogen) atoms. The molecule has 0 radical (unpaired) electrons. The van der Waals surface area contributed by atoms with E-state index in [1.807, 2.05) is 45.3 Å². The molecule has 0 spiro atoms. The van der Waals surface area contributed by atoms with Crippen molar-refractivity contribution in [1.29, 1.82) is 0 Å². The Morgan fingerprint density at radius 1 is 0.403 bits per heavy atom. The van der Waals surface area contributed by atoms with Crippen molar-refractivity contribution in [3.8, 4) is 42.4 Å². The van der Waals surface area contributed by atoms with Gasteiger partial charge in [0.2, 0.25) is 0 Å². The van der Waals surface area contributed by atoms with Crippen molar-refractivity contribution in [3.05, 3.63) is 57.3 Å². The van der Waals surface area contributed by atoms with E-state index in [-0.39, 0.29) is 0 Å². The monoisotopic (exact) mass is 938 g/mol. The topological polar surface area (TPSA) is 0 Å². The highest BCUT2D eigenvalue weighted by atomic mass is 32.1. The van der Waals surface area contributed by atoms with Crippen LogP contribution in [0.3, 0.4) is 0 Å². The Morgan fingerprint density at radius 2 is 0.726 bits per heavy atom. The molecule has 5 rings (SSSR count). The molecule has 0 aliphatic rings. The van der Waals surface area contributed by atoms with Gasteiger partial charge in [-0.25, -0.2) is 0 Å². The van der Waals surface area contributed by atoms with Crippen LogP contribution < -0.4 is 0 Å². The van der Waals surface area contributed by atoms with Crippen molar-refractivity contribution in [2.24, 2.45) is 0 Å². The molecule has 0 unspecified atom stereocenters. The van der Waals surface area contributed by atoms with Gasteiger partial charge in [0.25, 0.3) is 0 Å². The maximum Gasteiger partial charge on any atom is 0.146 e. The molecule has 4 heterocycles. The molecule has 0 fully saturated rings. The molecule has 0 N–H and O–H groups in total. The number of aryl methyl sites for hydroxylation is 2. The van der Waals surface area contributed by atoms with E-state index >= 15 is 0 Å². The number of rotatable bonds is 22. The second-order valence-corrected chi connectivity index (χ2v) is 35.9. The number of unbranched alkanes of at least 4 members (excludes halogenated alkanes) is 10. The highest BCUT2D eigenvalue weighted by Crippen LogP contribution is 2.49. The fraction of sp³-hybridized carbons (Fsp3) is 0.607. The fourth-order valence-corrected chi connectivity index (χ4v) is 26.0. The summed E-state index contributed by atoms with van der Waals surface area (Å²) in [5.74, 6) is 8.21. The second-order valence-electron chi connectivity index (χ2n) is 20.3. The van der Waals surface area contributed by atoms with Crippen molar-refractivity contribution in [3.63, 3.8) is 0 Å². The van der Waals surface area contributed by atoms with Crippen LogP contribution in [0.5, 0.6) is 0 Å². The Kier molecular flexibility index (Phi) is 19.4. The summed E-state index contributed by atoms with van der Waals surface area (Å²) in [6, 6.07) is 14.7. The van der Waals surface area contributed by atoms with Crippen molar-refractivity contribution in [1.82, 2.24) is 0 Å². The number of benzene rings is 1. The Hall–Kier alpha value is -1.91. The maximum atomic E-state index is 4.22. The third-order valence-electron chi connectivity index (χ3n) is 14.4. The lowest BCUT2D eigenvalue weighted by Gasteiger charge is -2.38. The van der Waals surface area contributed by atoms with Gasteiger partial charge in [-0.2, -0.15) is 0 Å². The van der Waals surface area contributed by atoms with Gasteiger partial charge < -0.3 is 0 Å². The number of hydrogen-bond donors (Lipinski definition) is 0. The predicted octanol–water partition coefficient (Wildman–Crippen LogP) is 20.5. The standard InChI is InChI=1S/C56H82S4Si2/c1-15-17-19-21-23-25-27-45-29-31-51(57-45)53-37-49-47(33-35-61(39(3)4,40(5)6)41(7)8)56-50(48(55(49)59-53)34-36-62(42(9)10,43(11)12)44(13)14)38-54(60-56)52-32-30-46(58-52)28-26-24-22-20-18-16-2/h29-32,37-44H,15-28H2,1-14H3. The smallest absolute Gasteiger partial charge is 0.139 e. The summed E-state index contributed by atoms with van der Waals surface area (Å²) < 4.78 is 2.69. The second kappa shape index (κ2) is 23.5. The lowest BCUT2D eigenvalue weighted by Crippen LogP contribution is -2.43. The molecule has 0 bridgehead atoms. The molecular weight excluding hydrogens is 857 g/mol. The van der Waals surface area contributed by atoms with Crippen LogP contribution in [-0.4, -0.2) is 16.1 Å². The first-order chi connectivity index (χ1) is 29.6. The number of thiophene rings is 4. The Balaban J connectivity index is 1.75. The first kappa shape index (κ1) is 51.1. The summed E-state index contributed by atoms with van der Waals surface area (Å²) in [6.07, 6.45) is 18.5. The molecule has 0 aliphatic heterocycles. The SMILES string of the molecule is CCCCCCCCc1ccc(-c2cc3c(C#C[Si](C(C)C)(C(C)C)C(C)C)c4sc(-c5ccc(CCCCCCCC)s5)cc4c(C#C[Si](C(C)C)(C(C)C)C(C)C)c3s2)s1. The van der Waals surface area contributed by atoms with Crippen LogP contribution in [0.15, 0.2) is 36.4 Å². The van der Waals surface area contributed by atoms with Crippen LogP contribution in [0.2, 0.25) is 33.2 Å². The number of fused-ring (bicyclic) bond motifs is 2. The molecule has 5 aromatic rings. The number of hydrogen-bond acceptors (Lipinski definition) is 4. The third-order valence-corrected chi connectivity index (χ3v) is 31.9. The Morgan fingerprint density at radius 3 is 1.05 bits per heavy atom. The Bertz CT molecular complexity index is 2040. The molecule has 0 saturated heterocycles. The van der Waals surface area contributed by atoms with E-state index < -0.39 is 16.1 Å². The quantitative estimate of drug-likeness (QED) is 0.0368. The lowest BCUT2D eigenvalue weighted by atomic mass is 10.0. The van der Waals surface area contributed by atoms with Crippen LogP contribution in [0.4, 0.5) is 0 Å². The zero-order valence-corrected chi connectivity index (χ0v) is 46.7. The van der Waals surface area contributed by atoms with Crippen molar-refractivity contribution >= 4 is 81.7 Å². The molecule has 0 atom stereocenters. The van der Waals surface area contributed by atoms with Crippen molar-refractivity contribution in [2.75, 3.05) is 0 Å². The van der Waals surface area contributed by atoms with Crippen molar-refractivity contribution < 1.29 is 0 Å². The summed E-state index contributed by atoms with van der Waals surface area (Å²) in [7, 11) is -4.01. The highest BCUT2D eigenvalue weighted by Gasteiger charge is 2.43. The first-order valence-electron chi connectivity index (χ1n) is 24.9.